The molecule has 80 valence electrons. The van der Waals surface area contributed by atoms with E-state index in [1.54, 1.807) is 0 Å². The lowest BCUT2D eigenvalue weighted by Crippen LogP contribution is -2.27. The summed E-state index contributed by atoms with van der Waals surface area (Å²) < 4.78 is 0. The Bertz CT molecular complexity index is 138. The van der Waals surface area contributed by atoms with E-state index in [9.17, 15) is 4.79 Å². The number of carbonyl (C=O) groups is 1. The molecule has 1 amide bonds. The Hall–Kier alpha value is 0.01000. The van der Waals surface area contributed by atoms with Crippen molar-refractivity contribution in [2.75, 3.05) is 19.6 Å². The average Bonchev–Trinajstić information content (AvgIpc) is 2.52. The number of hydrogen-bond acceptors (Lipinski definition) is 2. The van der Waals surface area contributed by atoms with Gasteiger partial charge in [0.1, 0.15) is 0 Å². The zero-order valence-electron chi connectivity index (χ0n) is 7.70. The summed E-state index contributed by atoms with van der Waals surface area (Å²) in [5.74, 6) is 0.285. The first-order valence-corrected chi connectivity index (χ1v) is 4.32. The minimum Gasteiger partial charge on any atom is -0.343 e. The van der Waals surface area contributed by atoms with Gasteiger partial charge in [0.25, 0.3) is 0 Å². The van der Waals surface area contributed by atoms with Crippen LogP contribution in [-0.2, 0) is 4.79 Å². The van der Waals surface area contributed by atoms with Gasteiger partial charge in [0.2, 0.25) is 5.91 Å². The summed E-state index contributed by atoms with van der Waals surface area (Å²) in [5, 5.41) is 0. The molecular formula is C8H18Cl2N2O. The van der Waals surface area contributed by atoms with E-state index in [4.69, 9.17) is 5.73 Å². The Morgan fingerprint density at radius 3 is 2.23 bits per heavy atom. The molecule has 0 bridgehead atoms. The molecule has 1 fully saturated rings. The molecule has 0 aliphatic carbocycles. The molecule has 0 radical (unpaired) electrons. The van der Waals surface area contributed by atoms with Crippen LogP contribution in [0.15, 0.2) is 0 Å². The third-order valence-corrected chi connectivity index (χ3v) is 2.05. The van der Waals surface area contributed by atoms with Gasteiger partial charge in [0.05, 0.1) is 0 Å². The zero-order valence-corrected chi connectivity index (χ0v) is 9.33. The van der Waals surface area contributed by atoms with Gasteiger partial charge >= 0.3 is 0 Å². The Kier molecular flexibility index (Phi) is 10.2. The second kappa shape index (κ2) is 8.60. The van der Waals surface area contributed by atoms with E-state index in [2.05, 4.69) is 0 Å². The number of rotatable bonds is 3. The van der Waals surface area contributed by atoms with E-state index in [0.29, 0.717) is 13.0 Å². The summed E-state index contributed by atoms with van der Waals surface area (Å²) in [6.07, 6.45) is 3.81. The number of carbonyl (C=O) groups excluding carboxylic acids is 1. The molecule has 0 saturated carbocycles. The maximum absolute atomic E-state index is 11.3. The van der Waals surface area contributed by atoms with Crippen LogP contribution in [0.5, 0.6) is 0 Å². The lowest BCUT2D eigenvalue weighted by Gasteiger charge is -2.14. The smallest absolute Gasteiger partial charge is 0.222 e. The van der Waals surface area contributed by atoms with Crippen molar-refractivity contribution in [2.24, 2.45) is 5.73 Å². The molecule has 0 aromatic carbocycles. The van der Waals surface area contributed by atoms with Gasteiger partial charge in [-0.05, 0) is 25.8 Å². The van der Waals surface area contributed by atoms with Crippen LogP contribution in [0.4, 0.5) is 0 Å². The molecule has 1 saturated heterocycles. The summed E-state index contributed by atoms with van der Waals surface area (Å²) in [7, 11) is 0. The minimum absolute atomic E-state index is 0. The van der Waals surface area contributed by atoms with Gasteiger partial charge in [-0.2, -0.15) is 0 Å². The van der Waals surface area contributed by atoms with Gasteiger partial charge in [-0.25, -0.2) is 0 Å². The second-order valence-electron chi connectivity index (χ2n) is 2.98. The average molecular weight is 229 g/mol. The molecule has 1 rings (SSSR count). The Labute approximate surface area is 91.9 Å². The molecule has 0 aromatic heterocycles. The monoisotopic (exact) mass is 228 g/mol. The van der Waals surface area contributed by atoms with Gasteiger partial charge < -0.3 is 10.6 Å². The molecule has 0 spiro atoms. The van der Waals surface area contributed by atoms with Gasteiger partial charge in [-0.3, -0.25) is 4.79 Å². The van der Waals surface area contributed by atoms with Crippen molar-refractivity contribution < 1.29 is 4.79 Å². The number of nitrogens with two attached hydrogens (primary N) is 1. The molecule has 1 aliphatic heterocycles. The first-order chi connectivity index (χ1) is 5.34. The summed E-state index contributed by atoms with van der Waals surface area (Å²) in [6.45, 7) is 2.55. The Morgan fingerprint density at radius 2 is 1.77 bits per heavy atom. The first kappa shape index (κ1) is 15.5. The van der Waals surface area contributed by atoms with Crippen molar-refractivity contribution in [3.05, 3.63) is 0 Å². The van der Waals surface area contributed by atoms with Crippen LogP contribution in [0, 0.1) is 0 Å². The van der Waals surface area contributed by atoms with Crippen molar-refractivity contribution in [2.45, 2.75) is 25.7 Å². The van der Waals surface area contributed by atoms with E-state index < -0.39 is 0 Å². The van der Waals surface area contributed by atoms with E-state index in [0.717, 1.165) is 19.5 Å². The Morgan fingerprint density at radius 1 is 1.23 bits per heavy atom. The molecule has 1 aliphatic rings. The van der Waals surface area contributed by atoms with E-state index >= 15 is 0 Å². The lowest BCUT2D eigenvalue weighted by atomic mass is 10.3. The maximum Gasteiger partial charge on any atom is 0.222 e. The summed E-state index contributed by atoms with van der Waals surface area (Å²) in [6, 6.07) is 0. The molecule has 2 N–H and O–H groups in total. The predicted octanol–water partition coefficient (Wildman–Crippen LogP) is 1.19. The molecule has 3 nitrogen and oxygen atoms in total. The van der Waals surface area contributed by atoms with Crippen LogP contribution >= 0.6 is 24.8 Å². The van der Waals surface area contributed by atoms with Crippen molar-refractivity contribution in [3.8, 4) is 0 Å². The van der Waals surface area contributed by atoms with Crippen LogP contribution in [0.2, 0.25) is 0 Å². The maximum atomic E-state index is 11.3. The summed E-state index contributed by atoms with van der Waals surface area (Å²) in [5.41, 5.74) is 5.30. The highest BCUT2D eigenvalue weighted by Crippen LogP contribution is 2.09. The van der Waals surface area contributed by atoms with Gasteiger partial charge in [-0.15, -0.1) is 24.8 Å². The van der Waals surface area contributed by atoms with E-state index in [1.807, 2.05) is 4.90 Å². The van der Waals surface area contributed by atoms with Crippen molar-refractivity contribution >= 4 is 30.7 Å². The van der Waals surface area contributed by atoms with E-state index in [1.165, 1.54) is 12.8 Å². The number of nitrogens with zero attached hydrogens (tertiary/aromatic N) is 1. The number of hydrogen-bond donors (Lipinski definition) is 1. The largest absolute Gasteiger partial charge is 0.343 e. The van der Waals surface area contributed by atoms with Crippen LogP contribution in [-0.4, -0.2) is 30.4 Å². The number of likely N-dealkylation sites (tertiary alicyclic amines) is 1. The van der Waals surface area contributed by atoms with Crippen LogP contribution in [0.3, 0.4) is 0 Å². The standard InChI is InChI=1S/C8H16N2O.2ClH/c9-5-3-4-8(11)10-6-1-2-7-10;;/h1-7,9H2;2*1H. The normalized spacial score (nSPS) is 14.7. The fourth-order valence-electron chi connectivity index (χ4n) is 1.38. The third kappa shape index (κ3) is 5.34. The number of amides is 1. The summed E-state index contributed by atoms with van der Waals surface area (Å²) in [4.78, 5) is 13.2. The molecule has 13 heavy (non-hydrogen) atoms. The van der Waals surface area contributed by atoms with Crippen LogP contribution < -0.4 is 5.73 Å². The SMILES string of the molecule is Cl.Cl.NCCCC(=O)N1CCCC1. The molecule has 0 unspecified atom stereocenters. The molecule has 0 aromatic rings. The Balaban J connectivity index is 0. The lowest BCUT2D eigenvalue weighted by molar-refractivity contribution is -0.130. The molecule has 1 heterocycles. The van der Waals surface area contributed by atoms with Crippen molar-refractivity contribution in [3.63, 3.8) is 0 Å². The van der Waals surface area contributed by atoms with E-state index in [-0.39, 0.29) is 30.7 Å². The highest BCUT2D eigenvalue weighted by molar-refractivity contribution is 5.85. The topological polar surface area (TPSA) is 46.3 Å². The fraction of sp³-hybridized carbons (Fsp3) is 0.875. The zero-order chi connectivity index (χ0) is 8.10. The highest BCUT2D eigenvalue weighted by Gasteiger charge is 2.16. The second-order valence-corrected chi connectivity index (χ2v) is 2.98. The number of halogens is 2. The molecular weight excluding hydrogens is 211 g/mol. The third-order valence-electron chi connectivity index (χ3n) is 2.05. The molecule has 0 atom stereocenters. The summed E-state index contributed by atoms with van der Waals surface area (Å²) >= 11 is 0. The van der Waals surface area contributed by atoms with Crippen LogP contribution in [0.25, 0.3) is 0 Å². The predicted molar refractivity (Wildman–Crippen MR) is 58.6 cm³/mol. The molecule has 5 heteroatoms. The quantitative estimate of drug-likeness (QED) is 0.790. The van der Waals surface area contributed by atoms with Gasteiger partial charge in [-0.1, -0.05) is 0 Å². The first-order valence-electron chi connectivity index (χ1n) is 4.32. The van der Waals surface area contributed by atoms with Crippen molar-refractivity contribution in [1.82, 2.24) is 4.90 Å². The van der Waals surface area contributed by atoms with Crippen molar-refractivity contribution in [1.29, 1.82) is 0 Å². The fourth-order valence-corrected chi connectivity index (χ4v) is 1.38. The minimum atomic E-state index is 0. The van der Waals surface area contributed by atoms with Crippen LogP contribution in [0.1, 0.15) is 25.7 Å². The van der Waals surface area contributed by atoms with Gasteiger partial charge in [0.15, 0.2) is 0 Å². The highest BCUT2D eigenvalue weighted by atomic mass is 35.5. The van der Waals surface area contributed by atoms with Gasteiger partial charge in [0, 0.05) is 19.5 Å².